The van der Waals surface area contributed by atoms with Crippen LogP contribution in [0.4, 0.5) is 19.0 Å². The molecule has 4 rings (SSSR count). The maximum atomic E-state index is 14.5. The maximum absolute atomic E-state index is 14.5. The summed E-state index contributed by atoms with van der Waals surface area (Å²) in [4.78, 5) is 44.3. The summed E-state index contributed by atoms with van der Waals surface area (Å²) in [7, 11) is 0. The van der Waals surface area contributed by atoms with Crippen LogP contribution in [-0.4, -0.2) is 39.7 Å². The molecule has 2 aliphatic rings. The summed E-state index contributed by atoms with van der Waals surface area (Å²) in [5.41, 5.74) is 4.32. The van der Waals surface area contributed by atoms with Crippen molar-refractivity contribution >= 4 is 35.1 Å². The minimum absolute atomic E-state index is 0.0201. The molecule has 32 heavy (non-hydrogen) atoms. The number of aromatic nitrogens is 1. The van der Waals surface area contributed by atoms with Crippen molar-refractivity contribution in [1.29, 1.82) is 0 Å². The summed E-state index contributed by atoms with van der Waals surface area (Å²) < 4.78 is 40.1. The van der Waals surface area contributed by atoms with Crippen LogP contribution in [0.1, 0.15) is 30.4 Å². The fraction of sp³-hybridized carbons (Fsp3) is 0.333. The number of anilines is 1. The molecule has 2 N–H and O–H groups in total. The number of primary amides is 1. The molecule has 0 unspecified atom stereocenters. The number of benzene rings is 1. The summed E-state index contributed by atoms with van der Waals surface area (Å²) in [5, 5.41) is 0.0306. The van der Waals surface area contributed by atoms with Gasteiger partial charge in [-0.3, -0.25) is 19.3 Å². The van der Waals surface area contributed by atoms with Crippen LogP contribution in [0.5, 0.6) is 0 Å². The molecule has 11 heteroatoms. The summed E-state index contributed by atoms with van der Waals surface area (Å²) in [5.74, 6) is -3.52. The molecule has 2 fully saturated rings. The molecule has 1 aliphatic heterocycles. The van der Waals surface area contributed by atoms with Gasteiger partial charge < -0.3 is 10.6 Å². The second kappa shape index (κ2) is 8.09. The van der Waals surface area contributed by atoms with Crippen molar-refractivity contribution in [1.82, 2.24) is 9.88 Å². The zero-order valence-corrected chi connectivity index (χ0v) is 17.4. The Morgan fingerprint density at radius 1 is 1.25 bits per heavy atom. The molecule has 1 saturated carbocycles. The summed E-state index contributed by atoms with van der Waals surface area (Å²) in [6.45, 7) is -0.508. The van der Waals surface area contributed by atoms with Crippen LogP contribution in [0.2, 0.25) is 5.02 Å². The Balaban J connectivity index is 1.67. The number of halogens is 4. The lowest BCUT2D eigenvalue weighted by Crippen LogP contribution is -2.73. The number of carbonyl (C=O) groups excluding carboxylic acids is 3. The number of hydrogen-bond acceptors (Lipinski definition) is 4. The first-order valence-electron chi connectivity index (χ1n) is 9.72. The molecule has 1 aromatic carbocycles. The molecule has 1 aliphatic carbocycles. The number of pyridine rings is 1. The van der Waals surface area contributed by atoms with Crippen molar-refractivity contribution in [2.24, 2.45) is 11.7 Å². The number of amides is 3. The van der Waals surface area contributed by atoms with E-state index in [0.29, 0.717) is 5.56 Å². The largest absolute Gasteiger partial charge is 0.369 e. The molecule has 1 saturated heterocycles. The molecule has 0 bridgehead atoms. The van der Waals surface area contributed by atoms with Gasteiger partial charge in [-0.25, -0.2) is 18.2 Å². The third-order valence-electron chi connectivity index (χ3n) is 5.94. The monoisotopic (exact) mass is 466 g/mol. The van der Waals surface area contributed by atoms with E-state index in [9.17, 15) is 27.6 Å². The van der Waals surface area contributed by atoms with E-state index in [4.69, 9.17) is 17.3 Å². The number of nitrogens with two attached hydrogens (primary N) is 1. The van der Waals surface area contributed by atoms with E-state index in [2.05, 4.69) is 4.98 Å². The lowest BCUT2D eigenvalue weighted by molar-refractivity contribution is -0.164. The van der Waals surface area contributed by atoms with Gasteiger partial charge in [0, 0.05) is 24.2 Å². The van der Waals surface area contributed by atoms with E-state index < -0.39 is 48.0 Å². The highest BCUT2D eigenvalue weighted by Gasteiger charge is 2.61. The van der Waals surface area contributed by atoms with Crippen LogP contribution in [0.3, 0.4) is 0 Å². The zero-order valence-electron chi connectivity index (χ0n) is 16.6. The molecular weight excluding hydrogens is 449 g/mol. The lowest BCUT2D eigenvalue weighted by atomic mass is 9.65. The predicted octanol–water partition coefficient (Wildman–Crippen LogP) is 2.82. The molecule has 0 atom stereocenters. The average molecular weight is 467 g/mol. The van der Waals surface area contributed by atoms with Crippen LogP contribution < -0.4 is 10.6 Å². The van der Waals surface area contributed by atoms with Gasteiger partial charge in [0.25, 0.3) is 12.3 Å². The zero-order chi connectivity index (χ0) is 23.2. The molecule has 0 radical (unpaired) electrons. The first-order valence-corrected chi connectivity index (χ1v) is 10.1. The molecule has 1 aromatic heterocycles. The predicted molar refractivity (Wildman–Crippen MR) is 108 cm³/mol. The van der Waals surface area contributed by atoms with Crippen LogP contribution in [0.25, 0.3) is 0 Å². The maximum Gasteiger partial charge on any atom is 0.263 e. The van der Waals surface area contributed by atoms with Crippen LogP contribution in [-0.2, 0) is 20.9 Å². The highest BCUT2D eigenvalue weighted by molar-refractivity contribution is 6.30. The number of alkyl halides is 2. The Morgan fingerprint density at radius 3 is 2.47 bits per heavy atom. The summed E-state index contributed by atoms with van der Waals surface area (Å²) in [6, 6.07) is 6.37. The SMILES string of the molecule is NC(=O)[C@H]1C[C@]2(C1)C(=O)N(c1ncc(Cl)cc1F)CC(=O)N2Cc1ccc(C(F)F)cc1. The van der Waals surface area contributed by atoms with Gasteiger partial charge in [0.15, 0.2) is 11.6 Å². The smallest absolute Gasteiger partial charge is 0.263 e. The normalized spacial score (nSPS) is 23.1. The average Bonchev–Trinajstić information content (AvgIpc) is 2.70. The lowest BCUT2D eigenvalue weighted by Gasteiger charge is -2.56. The molecule has 2 heterocycles. The number of hydrogen-bond donors (Lipinski definition) is 1. The van der Waals surface area contributed by atoms with Gasteiger partial charge in [-0.05, 0) is 24.5 Å². The van der Waals surface area contributed by atoms with Crippen molar-refractivity contribution in [3.05, 3.63) is 58.5 Å². The van der Waals surface area contributed by atoms with Gasteiger partial charge >= 0.3 is 0 Å². The van der Waals surface area contributed by atoms with Crippen LogP contribution in [0.15, 0.2) is 36.5 Å². The van der Waals surface area contributed by atoms with Crippen molar-refractivity contribution < 1.29 is 27.6 Å². The Morgan fingerprint density at radius 2 is 1.91 bits per heavy atom. The van der Waals surface area contributed by atoms with Crippen molar-refractivity contribution in [3.63, 3.8) is 0 Å². The van der Waals surface area contributed by atoms with E-state index in [1.807, 2.05) is 0 Å². The van der Waals surface area contributed by atoms with Crippen molar-refractivity contribution in [3.8, 4) is 0 Å². The highest BCUT2D eigenvalue weighted by Crippen LogP contribution is 2.47. The van der Waals surface area contributed by atoms with Crippen molar-refractivity contribution in [2.75, 3.05) is 11.4 Å². The van der Waals surface area contributed by atoms with E-state index in [1.54, 1.807) is 0 Å². The first kappa shape index (κ1) is 22.1. The molecule has 7 nitrogen and oxygen atoms in total. The van der Waals surface area contributed by atoms with Crippen LogP contribution in [0, 0.1) is 11.7 Å². The third-order valence-corrected chi connectivity index (χ3v) is 6.15. The molecule has 2 aromatic rings. The number of nitrogens with zero attached hydrogens (tertiary/aromatic N) is 3. The van der Waals surface area contributed by atoms with Gasteiger partial charge in [0.1, 0.15) is 12.1 Å². The van der Waals surface area contributed by atoms with Gasteiger partial charge in [-0.2, -0.15) is 0 Å². The van der Waals surface area contributed by atoms with Gasteiger partial charge in [-0.1, -0.05) is 35.9 Å². The Labute approximate surface area is 185 Å². The number of carbonyl (C=O) groups is 3. The number of piperazine rings is 1. The summed E-state index contributed by atoms with van der Waals surface area (Å²) in [6.07, 6.45) is -1.51. The third kappa shape index (κ3) is 3.68. The Kier molecular flexibility index (Phi) is 5.58. The van der Waals surface area contributed by atoms with Gasteiger partial charge in [-0.15, -0.1) is 0 Å². The second-order valence-corrected chi connectivity index (χ2v) is 8.35. The summed E-state index contributed by atoms with van der Waals surface area (Å²) >= 11 is 5.73. The Hall–Kier alpha value is -3.14. The first-order chi connectivity index (χ1) is 15.1. The molecule has 168 valence electrons. The fourth-order valence-corrected chi connectivity index (χ4v) is 4.36. The van der Waals surface area contributed by atoms with E-state index in [0.717, 1.165) is 17.2 Å². The molecule has 3 amide bonds. The minimum atomic E-state index is -2.63. The topological polar surface area (TPSA) is 96.6 Å². The van der Waals surface area contributed by atoms with E-state index in [-0.39, 0.29) is 35.8 Å². The molecular formula is C21H18ClF3N4O3. The minimum Gasteiger partial charge on any atom is -0.369 e. The quantitative estimate of drug-likeness (QED) is 0.732. The van der Waals surface area contributed by atoms with Crippen molar-refractivity contribution in [2.45, 2.75) is 31.4 Å². The number of rotatable bonds is 5. The second-order valence-electron chi connectivity index (χ2n) is 7.91. The standard InChI is InChI=1S/C21H18ClF3N4O3/c22-14-5-15(23)19(27-8-14)28-10-16(30)29(9-11-1-3-12(4-2-11)17(24)25)21(20(28)32)6-13(7-21)18(26)31/h1-5,8,13,17H,6-7,9-10H2,(H2,26,31)/t13-,21-. The highest BCUT2D eigenvalue weighted by atomic mass is 35.5. The van der Waals surface area contributed by atoms with E-state index in [1.165, 1.54) is 29.2 Å². The van der Waals surface area contributed by atoms with Crippen LogP contribution >= 0.6 is 11.6 Å². The van der Waals surface area contributed by atoms with Gasteiger partial charge in [0.2, 0.25) is 11.8 Å². The Bertz CT molecular complexity index is 1090. The fourth-order valence-electron chi connectivity index (χ4n) is 4.22. The van der Waals surface area contributed by atoms with E-state index >= 15 is 0 Å². The van der Waals surface area contributed by atoms with Gasteiger partial charge in [0.05, 0.1) is 5.02 Å². The molecule has 1 spiro atoms.